The molecule has 3 atom stereocenters. The highest BCUT2D eigenvalue weighted by atomic mass is 16.6. The van der Waals surface area contributed by atoms with Crippen molar-refractivity contribution >= 4 is 17.8 Å². The molecule has 8 heteroatoms. The number of Topliss-reactive ketones (excluding diaryl/α,β-unsaturated/α-hetero) is 1. The summed E-state index contributed by atoms with van der Waals surface area (Å²) in [4.78, 5) is 41.6. The molecule has 2 aliphatic carbocycles. The first-order valence-corrected chi connectivity index (χ1v) is 11.3. The first kappa shape index (κ1) is 21.1. The molecule has 4 fully saturated rings. The minimum absolute atomic E-state index is 0.0391. The second kappa shape index (κ2) is 8.54. The number of nitrogens with one attached hydrogen (secondary N) is 1. The molecular weight excluding hydrogens is 384 g/mol. The number of ether oxygens (including phenoxy) is 1. The van der Waals surface area contributed by atoms with Gasteiger partial charge in [-0.2, -0.15) is 5.26 Å². The lowest BCUT2D eigenvalue weighted by Crippen LogP contribution is -2.50. The summed E-state index contributed by atoms with van der Waals surface area (Å²) in [6.45, 7) is 2.35. The molecule has 0 bridgehead atoms. The molecule has 4 rings (SSSR count). The molecule has 2 amide bonds. The Labute approximate surface area is 177 Å². The van der Waals surface area contributed by atoms with Crippen molar-refractivity contribution in [3.05, 3.63) is 0 Å². The number of amides is 2. The molecule has 8 nitrogen and oxygen atoms in total. The van der Waals surface area contributed by atoms with Crippen LogP contribution in [0.2, 0.25) is 0 Å². The summed E-state index contributed by atoms with van der Waals surface area (Å²) in [6.07, 6.45) is 6.35. The van der Waals surface area contributed by atoms with Crippen molar-refractivity contribution in [2.75, 3.05) is 26.7 Å². The van der Waals surface area contributed by atoms with Crippen LogP contribution in [-0.4, -0.2) is 72.5 Å². The molecule has 1 spiro atoms. The molecule has 0 aromatic carbocycles. The highest BCUT2D eigenvalue weighted by Crippen LogP contribution is 2.55. The van der Waals surface area contributed by atoms with Crippen LogP contribution in [0, 0.1) is 22.7 Å². The maximum absolute atomic E-state index is 13.0. The summed E-state index contributed by atoms with van der Waals surface area (Å²) >= 11 is 0. The van der Waals surface area contributed by atoms with Gasteiger partial charge >= 0.3 is 6.09 Å². The zero-order valence-corrected chi connectivity index (χ0v) is 17.8. The van der Waals surface area contributed by atoms with Gasteiger partial charge in [-0.15, -0.1) is 0 Å². The molecule has 0 aromatic rings. The van der Waals surface area contributed by atoms with Gasteiger partial charge in [-0.25, -0.2) is 4.79 Å². The number of rotatable bonds is 5. The molecular formula is C22H32N4O4. The maximum Gasteiger partial charge on any atom is 0.410 e. The minimum atomic E-state index is -0.702. The van der Waals surface area contributed by atoms with Gasteiger partial charge in [-0.1, -0.05) is 0 Å². The van der Waals surface area contributed by atoms with Crippen molar-refractivity contribution < 1.29 is 19.1 Å². The van der Waals surface area contributed by atoms with Crippen molar-refractivity contribution in [3.63, 3.8) is 0 Å². The lowest BCUT2D eigenvalue weighted by molar-refractivity contribution is -0.126. The fourth-order valence-corrected chi connectivity index (χ4v) is 5.17. The van der Waals surface area contributed by atoms with Gasteiger partial charge in [0, 0.05) is 32.0 Å². The number of nitrogens with zero attached hydrogens (tertiary/aromatic N) is 3. The number of ketones is 1. The van der Waals surface area contributed by atoms with Crippen LogP contribution in [0.1, 0.15) is 57.8 Å². The Morgan fingerprint density at radius 3 is 2.63 bits per heavy atom. The molecule has 0 unspecified atom stereocenters. The summed E-state index contributed by atoms with van der Waals surface area (Å²) in [5.74, 6) is -0.250. The van der Waals surface area contributed by atoms with Crippen LogP contribution in [0.15, 0.2) is 0 Å². The normalized spacial score (nSPS) is 29.6. The van der Waals surface area contributed by atoms with E-state index in [4.69, 9.17) is 4.74 Å². The molecule has 4 aliphatic rings. The molecule has 0 aromatic heterocycles. The van der Waals surface area contributed by atoms with Gasteiger partial charge in [-0.3, -0.25) is 14.5 Å². The zero-order valence-electron chi connectivity index (χ0n) is 17.8. The predicted molar refractivity (Wildman–Crippen MR) is 108 cm³/mol. The predicted octanol–water partition coefficient (Wildman–Crippen LogP) is 1.84. The second-order valence-corrected chi connectivity index (χ2v) is 9.72. The standard InChI is InChI=1S/C22H32N4O4/c1-25-9-5-17(6-10-25)30-21(29)26-14-22(7-8-22)12-18(26)20(28)24-16(13-23)11-15-3-2-4-19(15)27/h15-18H,2-12,14H2,1H3,(H,24,28)/t15-,16-,18-/m0/s1. The van der Waals surface area contributed by atoms with Gasteiger partial charge in [0.15, 0.2) is 0 Å². The Morgan fingerprint density at radius 1 is 1.30 bits per heavy atom. The van der Waals surface area contributed by atoms with E-state index in [1.54, 1.807) is 4.90 Å². The monoisotopic (exact) mass is 416 g/mol. The fraction of sp³-hybridized carbons (Fsp3) is 0.818. The van der Waals surface area contributed by atoms with Crippen LogP contribution < -0.4 is 5.32 Å². The molecule has 1 N–H and O–H groups in total. The number of piperidine rings is 1. The Kier molecular flexibility index (Phi) is 6.01. The van der Waals surface area contributed by atoms with Crippen molar-refractivity contribution in [3.8, 4) is 6.07 Å². The van der Waals surface area contributed by atoms with Crippen molar-refractivity contribution in [2.45, 2.75) is 76.0 Å². The van der Waals surface area contributed by atoms with Gasteiger partial charge in [-0.05, 0) is 63.8 Å². The smallest absolute Gasteiger partial charge is 0.410 e. The van der Waals surface area contributed by atoms with Gasteiger partial charge < -0.3 is 15.0 Å². The van der Waals surface area contributed by atoms with E-state index in [9.17, 15) is 19.6 Å². The van der Waals surface area contributed by atoms with Crippen LogP contribution in [0.4, 0.5) is 4.79 Å². The average molecular weight is 417 g/mol. The Morgan fingerprint density at radius 2 is 2.03 bits per heavy atom. The fourth-order valence-electron chi connectivity index (χ4n) is 5.17. The molecule has 0 radical (unpaired) electrons. The Hall–Kier alpha value is -2.14. The first-order valence-electron chi connectivity index (χ1n) is 11.3. The van der Waals surface area contributed by atoms with Crippen molar-refractivity contribution in [1.29, 1.82) is 5.26 Å². The minimum Gasteiger partial charge on any atom is -0.446 e. The average Bonchev–Trinajstić information content (AvgIpc) is 3.18. The van der Waals surface area contributed by atoms with Crippen molar-refractivity contribution in [2.24, 2.45) is 11.3 Å². The molecule has 2 saturated carbocycles. The lowest BCUT2D eigenvalue weighted by atomic mass is 9.97. The van der Waals surface area contributed by atoms with E-state index in [2.05, 4.69) is 23.3 Å². The first-order chi connectivity index (χ1) is 14.4. The molecule has 30 heavy (non-hydrogen) atoms. The summed E-state index contributed by atoms with van der Waals surface area (Å²) in [7, 11) is 2.06. The quantitative estimate of drug-likeness (QED) is 0.734. The Balaban J connectivity index is 1.36. The van der Waals surface area contributed by atoms with Gasteiger partial charge in [0.2, 0.25) is 5.91 Å². The molecule has 2 heterocycles. The highest BCUT2D eigenvalue weighted by molar-refractivity contribution is 5.87. The van der Waals surface area contributed by atoms with Crippen LogP contribution in [-0.2, 0) is 14.3 Å². The van der Waals surface area contributed by atoms with Crippen LogP contribution >= 0.6 is 0 Å². The number of carbonyl (C=O) groups excluding carboxylic acids is 3. The highest BCUT2D eigenvalue weighted by Gasteiger charge is 2.56. The van der Waals surface area contributed by atoms with Crippen LogP contribution in [0.5, 0.6) is 0 Å². The second-order valence-electron chi connectivity index (χ2n) is 9.72. The van der Waals surface area contributed by atoms with E-state index in [1.165, 1.54) is 0 Å². The van der Waals surface area contributed by atoms with E-state index < -0.39 is 18.2 Å². The number of likely N-dealkylation sites (tertiary alicyclic amines) is 2. The van der Waals surface area contributed by atoms with E-state index in [0.717, 1.165) is 51.6 Å². The maximum atomic E-state index is 13.0. The van der Waals surface area contributed by atoms with E-state index in [0.29, 0.717) is 25.8 Å². The summed E-state index contributed by atoms with van der Waals surface area (Å²) in [5.41, 5.74) is 0.0391. The summed E-state index contributed by atoms with van der Waals surface area (Å²) < 4.78 is 5.75. The van der Waals surface area contributed by atoms with E-state index in [1.807, 2.05) is 0 Å². The largest absolute Gasteiger partial charge is 0.446 e. The molecule has 2 aliphatic heterocycles. The molecule has 164 valence electrons. The summed E-state index contributed by atoms with van der Waals surface area (Å²) in [6, 6.07) is 0.833. The topological polar surface area (TPSA) is 103 Å². The number of hydrogen-bond acceptors (Lipinski definition) is 6. The van der Waals surface area contributed by atoms with E-state index >= 15 is 0 Å². The number of nitriles is 1. The third-order valence-electron chi connectivity index (χ3n) is 7.36. The lowest BCUT2D eigenvalue weighted by Gasteiger charge is -2.31. The SMILES string of the molecule is CN1CCC(OC(=O)N2CC3(CC3)C[C@H]2C(=O)N[C@H](C#N)C[C@@H]2CCCC2=O)CC1. The zero-order chi connectivity index (χ0) is 21.3. The van der Waals surface area contributed by atoms with Gasteiger partial charge in [0.25, 0.3) is 0 Å². The third kappa shape index (κ3) is 4.61. The Bertz CT molecular complexity index is 736. The van der Waals surface area contributed by atoms with Gasteiger partial charge in [0.1, 0.15) is 24.0 Å². The van der Waals surface area contributed by atoms with Gasteiger partial charge in [0.05, 0.1) is 6.07 Å². The number of carbonyl (C=O) groups is 3. The van der Waals surface area contributed by atoms with Crippen LogP contribution in [0.3, 0.4) is 0 Å². The molecule has 2 saturated heterocycles. The van der Waals surface area contributed by atoms with Crippen molar-refractivity contribution in [1.82, 2.24) is 15.1 Å². The van der Waals surface area contributed by atoms with Crippen LogP contribution in [0.25, 0.3) is 0 Å². The number of hydrogen-bond donors (Lipinski definition) is 1. The third-order valence-corrected chi connectivity index (χ3v) is 7.36. The van der Waals surface area contributed by atoms with E-state index in [-0.39, 0.29) is 29.1 Å². The summed E-state index contributed by atoms with van der Waals surface area (Å²) in [5, 5.41) is 12.3.